The summed E-state index contributed by atoms with van der Waals surface area (Å²) < 4.78 is 39.4. The quantitative estimate of drug-likeness (QED) is 0.393. The first-order valence-electron chi connectivity index (χ1n) is 12.0. The van der Waals surface area contributed by atoms with Crippen LogP contribution in [0.1, 0.15) is 30.6 Å². The number of anilines is 1. The number of carbonyl (C=O) groups is 1. The van der Waals surface area contributed by atoms with E-state index < -0.39 is 10.0 Å². The van der Waals surface area contributed by atoms with Crippen LogP contribution in [0.5, 0.6) is 11.5 Å². The fraction of sp³-hybridized carbons (Fsp3) is 0.440. The van der Waals surface area contributed by atoms with Crippen LogP contribution in [0.4, 0.5) is 5.13 Å². The van der Waals surface area contributed by atoms with Crippen molar-refractivity contribution in [2.75, 3.05) is 58.4 Å². The van der Waals surface area contributed by atoms with Crippen LogP contribution in [0, 0.1) is 0 Å². The Bertz CT molecular complexity index is 1280. The Hall–Kier alpha value is -2.73. The second kappa shape index (κ2) is 11.1. The topological polar surface area (TPSA) is 92.3 Å². The van der Waals surface area contributed by atoms with Crippen LogP contribution in [0.15, 0.2) is 41.3 Å². The summed E-state index contributed by atoms with van der Waals surface area (Å²) in [6.45, 7) is 6.65. The molecule has 1 amide bonds. The number of fused-ring (bicyclic) bond motifs is 2. The van der Waals surface area contributed by atoms with E-state index >= 15 is 0 Å². The van der Waals surface area contributed by atoms with E-state index in [4.69, 9.17) is 14.5 Å². The Labute approximate surface area is 216 Å². The van der Waals surface area contributed by atoms with Crippen molar-refractivity contribution in [1.82, 2.24) is 14.2 Å². The molecule has 2 heterocycles. The fourth-order valence-corrected chi connectivity index (χ4v) is 6.49. The van der Waals surface area contributed by atoms with Crippen molar-refractivity contribution in [3.8, 4) is 11.5 Å². The summed E-state index contributed by atoms with van der Waals surface area (Å²) in [5.41, 5.74) is 1.15. The van der Waals surface area contributed by atoms with Gasteiger partial charge in [0.05, 0.1) is 15.1 Å². The van der Waals surface area contributed by atoms with Crippen LogP contribution >= 0.6 is 11.3 Å². The number of sulfonamides is 1. The Morgan fingerprint density at radius 3 is 2.25 bits per heavy atom. The standard InChI is InChI=1S/C25H32N4O5S2/c1-5-28(6-2)36(31,32)19-10-8-18(9-11-19)24(30)29(13-7-12-27(3)4)25-26-20-16-21-22(17-23(20)35-25)34-15-14-33-21/h8-11,16-17H,5-7,12-15H2,1-4H3. The molecule has 36 heavy (non-hydrogen) atoms. The van der Waals surface area contributed by atoms with Crippen molar-refractivity contribution < 1.29 is 22.7 Å². The van der Waals surface area contributed by atoms with Gasteiger partial charge in [-0.2, -0.15) is 4.31 Å². The number of hydrogen-bond acceptors (Lipinski definition) is 8. The zero-order valence-electron chi connectivity index (χ0n) is 21.1. The zero-order valence-corrected chi connectivity index (χ0v) is 22.7. The minimum Gasteiger partial charge on any atom is -0.486 e. The van der Waals surface area contributed by atoms with E-state index in [0.717, 1.165) is 23.2 Å². The SMILES string of the molecule is CCN(CC)S(=O)(=O)c1ccc(C(=O)N(CCCN(C)C)c2nc3cc4c(cc3s2)OCCO4)cc1. The molecule has 0 radical (unpaired) electrons. The highest BCUT2D eigenvalue weighted by atomic mass is 32.2. The van der Waals surface area contributed by atoms with Crippen LogP contribution in [-0.2, 0) is 10.0 Å². The number of ether oxygens (including phenoxy) is 2. The zero-order chi connectivity index (χ0) is 25.9. The van der Waals surface area contributed by atoms with Gasteiger partial charge in [-0.3, -0.25) is 9.69 Å². The number of rotatable bonds is 10. The number of hydrogen-bond donors (Lipinski definition) is 0. The maximum absolute atomic E-state index is 13.6. The number of benzene rings is 2. The van der Waals surface area contributed by atoms with Gasteiger partial charge >= 0.3 is 0 Å². The summed E-state index contributed by atoms with van der Waals surface area (Å²) in [6, 6.07) is 9.90. The minimum atomic E-state index is -3.60. The van der Waals surface area contributed by atoms with Crippen molar-refractivity contribution in [3.05, 3.63) is 42.0 Å². The lowest BCUT2D eigenvalue weighted by atomic mass is 10.2. The predicted octanol–water partition coefficient (Wildman–Crippen LogP) is 3.70. The molecule has 1 aliphatic rings. The van der Waals surface area contributed by atoms with E-state index in [1.165, 1.54) is 27.8 Å². The summed E-state index contributed by atoms with van der Waals surface area (Å²) in [4.78, 5) is 22.3. The average Bonchev–Trinajstić information content (AvgIpc) is 3.27. The van der Waals surface area contributed by atoms with Gasteiger partial charge in [-0.25, -0.2) is 13.4 Å². The molecule has 9 nitrogen and oxygen atoms in total. The molecule has 0 N–H and O–H groups in total. The molecule has 0 fully saturated rings. The van der Waals surface area contributed by atoms with Gasteiger partial charge in [-0.1, -0.05) is 25.2 Å². The predicted molar refractivity (Wildman–Crippen MR) is 142 cm³/mol. The van der Waals surface area contributed by atoms with Gasteiger partial charge in [0.1, 0.15) is 13.2 Å². The van der Waals surface area contributed by atoms with Crippen LogP contribution in [0.2, 0.25) is 0 Å². The summed E-state index contributed by atoms with van der Waals surface area (Å²) in [6.07, 6.45) is 0.756. The van der Waals surface area contributed by atoms with Gasteiger partial charge in [0, 0.05) is 37.3 Å². The van der Waals surface area contributed by atoms with Gasteiger partial charge in [-0.15, -0.1) is 0 Å². The van der Waals surface area contributed by atoms with E-state index in [-0.39, 0.29) is 10.8 Å². The summed E-state index contributed by atoms with van der Waals surface area (Å²) in [7, 11) is 0.383. The van der Waals surface area contributed by atoms with Crippen molar-refractivity contribution >= 4 is 42.6 Å². The van der Waals surface area contributed by atoms with E-state index in [2.05, 4.69) is 4.90 Å². The molecule has 1 aliphatic heterocycles. The van der Waals surface area contributed by atoms with E-state index in [9.17, 15) is 13.2 Å². The molecular formula is C25H32N4O5S2. The summed E-state index contributed by atoms with van der Waals surface area (Å²) in [5.74, 6) is 1.11. The molecule has 0 atom stereocenters. The van der Waals surface area contributed by atoms with Crippen LogP contribution < -0.4 is 14.4 Å². The lowest BCUT2D eigenvalue weighted by Crippen LogP contribution is -2.33. The first kappa shape index (κ1) is 26.3. The first-order chi connectivity index (χ1) is 17.2. The highest BCUT2D eigenvalue weighted by Crippen LogP contribution is 2.39. The molecular weight excluding hydrogens is 500 g/mol. The maximum atomic E-state index is 13.6. The number of thiazole rings is 1. The molecule has 0 saturated heterocycles. The van der Waals surface area contributed by atoms with Crippen LogP contribution in [-0.4, -0.2) is 82.0 Å². The van der Waals surface area contributed by atoms with E-state index in [0.29, 0.717) is 55.0 Å². The van der Waals surface area contributed by atoms with Gasteiger partial charge in [0.15, 0.2) is 16.6 Å². The second-order valence-electron chi connectivity index (χ2n) is 8.69. The molecule has 2 aromatic carbocycles. The number of nitrogens with zero attached hydrogens (tertiary/aromatic N) is 4. The third-order valence-electron chi connectivity index (χ3n) is 5.95. The van der Waals surface area contributed by atoms with E-state index in [1.807, 2.05) is 26.2 Å². The van der Waals surface area contributed by atoms with Crippen molar-refractivity contribution in [2.24, 2.45) is 0 Å². The number of carbonyl (C=O) groups excluding carboxylic acids is 1. The van der Waals surface area contributed by atoms with Gasteiger partial charge in [0.25, 0.3) is 5.91 Å². The molecule has 0 unspecified atom stereocenters. The lowest BCUT2D eigenvalue weighted by Gasteiger charge is -2.22. The smallest absolute Gasteiger partial charge is 0.260 e. The van der Waals surface area contributed by atoms with Gasteiger partial charge in [0.2, 0.25) is 10.0 Å². The maximum Gasteiger partial charge on any atom is 0.260 e. The first-order valence-corrected chi connectivity index (χ1v) is 14.3. The third-order valence-corrected chi connectivity index (χ3v) is 9.05. The molecule has 0 bridgehead atoms. The van der Waals surface area contributed by atoms with Crippen LogP contribution in [0.3, 0.4) is 0 Å². The largest absolute Gasteiger partial charge is 0.486 e. The Morgan fingerprint density at radius 2 is 1.64 bits per heavy atom. The molecule has 11 heteroatoms. The second-order valence-corrected chi connectivity index (χ2v) is 11.6. The van der Waals surface area contributed by atoms with Crippen LogP contribution in [0.25, 0.3) is 10.2 Å². The Kier molecular flexibility index (Phi) is 8.13. The molecule has 3 aromatic rings. The lowest BCUT2D eigenvalue weighted by molar-refractivity contribution is 0.0986. The van der Waals surface area contributed by atoms with Crippen molar-refractivity contribution in [1.29, 1.82) is 0 Å². The highest BCUT2D eigenvalue weighted by molar-refractivity contribution is 7.89. The van der Waals surface area contributed by atoms with Gasteiger partial charge in [-0.05, 0) is 51.3 Å². The normalized spacial score (nSPS) is 13.5. The Morgan fingerprint density at radius 1 is 1.00 bits per heavy atom. The molecule has 194 valence electrons. The Balaban J connectivity index is 1.65. The summed E-state index contributed by atoms with van der Waals surface area (Å²) >= 11 is 1.42. The number of amides is 1. The van der Waals surface area contributed by atoms with Crippen molar-refractivity contribution in [3.63, 3.8) is 0 Å². The molecule has 0 aliphatic carbocycles. The molecule has 4 rings (SSSR count). The number of aromatic nitrogens is 1. The highest BCUT2D eigenvalue weighted by Gasteiger charge is 2.25. The third kappa shape index (κ3) is 5.49. The fourth-order valence-electron chi connectivity index (χ4n) is 4.04. The summed E-state index contributed by atoms with van der Waals surface area (Å²) in [5, 5.41) is 0.580. The molecule has 0 saturated carbocycles. The molecule has 1 aromatic heterocycles. The minimum absolute atomic E-state index is 0.174. The monoisotopic (exact) mass is 532 g/mol. The van der Waals surface area contributed by atoms with Crippen molar-refractivity contribution in [2.45, 2.75) is 25.2 Å². The van der Waals surface area contributed by atoms with E-state index in [1.54, 1.807) is 30.9 Å². The van der Waals surface area contributed by atoms with Gasteiger partial charge < -0.3 is 14.4 Å². The average molecular weight is 533 g/mol. The molecule has 0 spiro atoms.